The smallest absolute Gasteiger partial charge is 0.309 e. The second kappa shape index (κ2) is 8.37. The van der Waals surface area contributed by atoms with Crippen LogP contribution < -0.4 is 0 Å². The largest absolute Gasteiger partial charge is 0.461 e. The minimum absolute atomic E-state index is 0.000118. The maximum absolute atomic E-state index is 13.2. The maximum atomic E-state index is 13.2. The molecule has 27 heavy (non-hydrogen) atoms. The van der Waals surface area contributed by atoms with Crippen molar-refractivity contribution >= 4 is 27.6 Å². The first-order valence-corrected chi connectivity index (χ1v) is 10.3. The standard InChI is InChI=1S/C19H19ClFNO4S/c20-16-4-6-18(7-5-16)27(24,25)22-10-8-15(9-11-22)19(23)26-13-14-2-1-3-17(21)12-14/h1-7,12,15H,8-11,13H2. The van der Waals surface area contributed by atoms with Crippen molar-refractivity contribution in [3.8, 4) is 0 Å². The van der Waals surface area contributed by atoms with E-state index in [1.807, 2.05) is 0 Å². The molecule has 144 valence electrons. The maximum Gasteiger partial charge on any atom is 0.309 e. The van der Waals surface area contributed by atoms with E-state index in [0.717, 1.165) is 0 Å². The van der Waals surface area contributed by atoms with Crippen LogP contribution in [-0.2, 0) is 26.2 Å². The highest BCUT2D eigenvalue weighted by molar-refractivity contribution is 7.89. The monoisotopic (exact) mass is 411 g/mol. The number of piperidine rings is 1. The summed E-state index contributed by atoms with van der Waals surface area (Å²) in [6, 6.07) is 11.9. The molecule has 0 N–H and O–H groups in total. The highest BCUT2D eigenvalue weighted by Crippen LogP contribution is 2.25. The quantitative estimate of drug-likeness (QED) is 0.705. The lowest BCUT2D eigenvalue weighted by molar-refractivity contribution is -0.151. The third kappa shape index (κ3) is 4.86. The third-order valence-corrected chi connectivity index (χ3v) is 6.67. The zero-order chi connectivity index (χ0) is 19.4. The summed E-state index contributed by atoms with van der Waals surface area (Å²) >= 11 is 5.80. The van der Waals surface area contributed by atoms with Crippen LogP contribution in [-0.4, -0.2) is 31.8 Å². The molecular formula is C19H19ClFNO4S. The number of benzene rings is 2. The molecule has 2 aromatic carbocycles. The number of hydrogen-bond acceptors (Lipinski definition) is 4. The zero-order valence-corrected chi connectivity index (χ0v) is 16.0. The molecule has 0 saturated carbocycles. The molecule has 0 unspecified atom stereocenters. The fourth-order valence-electron chi connectivity index (χ4n) is 2.99. The van der Waals surface area contributed by atoms with Crippen molar-refractivity contribution in [2.24, 2.45) is 5.92 Å². The molecule has 0 bridgehead atoms. The van der Waals surface area contributed by atoms with E-state index in [-0.39, 0.29) is 42.3 Å². The molecule has 0 aliphatic carbocycles. The van der Waals surface area contributed by atoms with Gasteiger partial charge in [0.2, 0.25) is 10.0 Å². The molecule has 1 aliphatic rings. The highest BCUT2D eigenvalue weighted by Gasteiger charge is 2.32. The molecule has 1 heterocycles. The molecule has 8 heteroatoms. The molecule has 0 aromatic heterocycles. The normalized spacial score (nSPS) is 16.2. The van der Waals surface area contributed by atoms with E-state index in [9.17, 15) is 17.6 Å². The fourth-order valence-corrected chi connectivity index (χ4v) is 4.58. The van der Waals surface area contributed by atoms with Crippen LogP contribution in [0.4, 0.5) is 4.39 Å². The Morgan fingerprint density at radius 3 is 2.44 bits per heavy atom. The topological polar surface area (TPSA) is 63.7 Å². The number of carbonyl (C=O) groups is 1. The van der Waals surface area contributed by atoms with Crippen LogP contribution in [0.2, 0.25) is 5.02 Å². The Morgan fingerprint density at radius 1 is 1.15 bits per heavy atom. The molecule has 0 atom stereocenters. The Bertz CT molecular complexity index is 910. The van der Waals surface area contributed by atoms with Gasteiger partial charge in [0.15, 0.2) is 0 Å². The first-order valence-electron chi connectivity index (χ1n) is 8.53. The van der Waals surface area contributed by atoms with Crippen LogP contribution in [0.3, 0.4) is 0 Å². The number of hydrogen-bond donors (Lipinski definition) is 0. The molecule has 1 aliphatic heterocycles. The van der Waals surface area contributed by atoms with Crippen molar-refractivity contribution in [1.82, 2.24) is 4.31 Å². The fraction of sp³-hybridized carbons (Fsp3) is 0.316. The van der Waals surface area contributed by atoms with Crippen LogP contribution in [0.5, 0.6) is 0 Å². The van der Waals surface area contributed by atoms with E-state index in [1.54, 1.807) is 12.1 Å². The van der Waals surface area contributed by atoms with Gasteiger partial charge in [-0.15, -0.1) is 0 Å². The minimum Gasteiger partial charge on any atom is -0.461 e. The number of nitrogens with zero attached hydrogens (tertiary/aromatic N) is 1. The second-order valence-corrected chi connectivity index (χ2v) is 8.74. The van der Waals surface area contributed by atoms with Crippen LogP contribution in [0.15, 0.2) is 53.4 Å². The Kier molecular flexibility index (Phi) is 6.14. The van der Waals surface area contributed by atoms with Crippen molar-refractivity contribution in [3.63, 3.8) is 0 Å². The lowest BCUT2D eigenvalue weighted by atomic mass is 9.98. The van der Waals surface area contributed by atoms with Gasteiger partial charge in [-0.25, -0.2) is 12.8 Å². The van der Waals surface area contributed by atoms with E-state index < -0.39 is 10.0 Å². The highest BCUT2D eigenvalue weighted by atomic mass is 35.5. The average molecular weight is 412 g/mol. The third-order valence-electron chi connectivity index (χ3n) is 4.51. The van der Waals surface area contributed by atoms with E-state index in [4.69, 9.17) is 16.3 Å². The molecule has 1 saturated heterocycles. The van der Waals surface area contributed by atoms with Crippen LogP contribution >= 0.6 is 11.6 Å². The van der Waals surface area contributed by atoms with Gasteiger partial charge in [0.1, 0.15) is 12.4 Å². The molecule has 0 radical (unpaired) electrons. The van der Waals surface area contributed by atoms with Gasteiger partial charge in [-0.3, -0.25) is 4.79 Å². The molecule has 5 nitrogen and oxygen atoms in total. The minimum atomic E-state index is -3.61. The first kappa shape index (κ1) is 19.8. The zero-order valence-electron chi connectivity index (χ0n) is 14.5. The molecule has 0 spiro atoms. The number of sulfonamides is 1. The first-order chi connectivity index (χ1) is 12.9. The summed E-state index contributed by atoms with van der Waals surface area (Å²) in [7, 11) is -3.61. The molecule has 3 rings (SSSR count). The van der Waals surface area contributed by atoms with Crippen molar-refractivity contribution in [3.05, 3.63) is 64.9 Å². The van der Waals surface area contributed by atoms with Gasteiger partial charge in [0.25, 0.3) is 0 Å². The molecule has 0 amide bonds. The van der Waals surface area contributed by atoms with Gasteiger partial charge in [-0.1, -0.05) is 23.7 Å². The van der Waals surface area contributed by atoms with Crippen molar-refractivity contribution in [2.45, 2.75) is 24.3 Å². The molecule has 1 fully saturated rings. The Labute approximate surface area is 162 Å². The van der Waals surface area contributed by atoms with Crippen molar-refractivity contribution < 1.29 is 22.3 Å². The Morgan fingerprint density at radius 2 is 1.81 bits per heavy atom. The van der Waals surface area contributed by atoms with E-state index in [2.05, 4.69) is 0 Å². The lowest BCUT2D eigenvalue weighted by Crippen LogP contribution is -2.40. The lowest BCUT2D eigenvalue weighted by Gasteiger charge is -2.30. The second-order valence-electron chi connectivity index (χ2n) is 6.37. The number of ether oxygens (including phenoxy) is 1. The van der Waals surface area contributed by atoms with Gasteiger partial charge >= 0.3 is 5.97 Å². The van der Waals surface area contributed by atoms with Gasteiger partial charge in [-0.2, -0.15) is 4.31 Å². The summed E-state index contributed by atoms with van der Waals surface area (Å²) in [5, 5.41) is 0.466. The van der Waals surface area contributed by atoms with Gasteiger partial charge < -0.3 is 4.74 Å². The van der Waals surface area contributed by atoms with Crippen molar-refractivity contribution in [2.75, 3.05) is 13.1 Å². The average Bonchev–Trinajstić information content (AvgIpc) is 2.66. The summed E-state index contributed by atoms with van der Waals surface area (Å²) in [5.41, 5.74) is 0.575. The van der Waals surface area contributed by atoms with Gasteiger partial charge in [0.05, 0.1) is 10.8 Å². The van der Waals surface area contributed by atoms with Crippen LogP contribution in [0.25, 0.3) is 0 Å². The van der Waals surface area contributed by atoms with Gasteiger partial charge in [0, 0.05) is 18.1 Å². The Hall–Kier alpha value is -1.96. The number of carbonyl (C=O) groups excluding carboxylic acids is 1. The number of esters is 1. The summed E-state index contributed by atoms with van der Waals surface area (Å²) in [4.78, 5) is 12.4. The van der Waals surface area contributed by atoms with Crippen LogP contribution in [0.1, 0.15) is 18.4 Å². The number of halogens is 2. The summed E-state index contributed by atoms with van der Waals surface area (Å²) in [5.74, 6) is -1.14. The molecular weight excluding hydrogens is 393 g/mol. The molecule has 2 aromatic rings. The van der Waals surface area contributed by atoms with Crippen molar-refractivity contribution in [1.29, 1.82) is 0 Å². The number of rotatable bonds is 5. The van der Waals surface area contributed by atoms with Crippen LogP contribution in [0, 0.1) is 11.7 Å². The van der Waals surface area contributed by atoms with E-state index in [1.165, 1.54) is 40.7 Å². The van der Waals surface area contributed by atoms with E-state index in [0.29, 0.717) is 23.4 Å². The van der Waals surface area contributed by atoms with E-state index >= 15 is 0 Å². The van der Waals surface area contributed by atoms with Gasteiger partial charge in [-0.05, 0) is 54.8 Å². The summed E-state index contributed by atoms with van der Waals surface area (Å²) < 4.78 is 45.1. The predicted molar refractivity (Wildman–Crippen MR) is 99.1 cm³/mol. The summed E-state index contributed by atoms with van der Waals surface area (Å²) in [6.07, 6.45) is 0.767. The summed E-state index contributed by atoms with van der Waals surface area (Å²) in [6.45, 7) is 0.481. The SMILES string of the molecule is O=C(OCc1cccc(F)c1)C1CCN(S(=O)(=O)c2ccc(Cl)cc2)CC1. The Balaban J connectivity index is 1.55. The predicted octanol–water partition coefficient (Wildman–Crippen LogP) is 3.62.